The lowest BCUT2D eigenvalue weighted by Crippen LogP contribution is -2.45. The van der Waals surface area contributed by atoms with Crippen molar-refractivity contribution in [1.82, 2.24) is 0 Å². The molecule has 0 spiro atoms. The van der Waals surface area contributed by atoms with Gasteiger partial charge < -0.3 is 24.4 Å². The van der Waals surface area contributed by atoms with Gasteiger partial charge in [-0.05, 0) is 19.3 Å². The quantitative estimate of drug-likeness (QED) is 0.428. The first-order valence-corrected chi connectivity index (χ1v) is 8.81. The van der Waals surface area contributed by atoms with E-state index in [9.17, 15) is 10.2 Å². The number of hydrogen-bond donors (Lipinski definition) is 2. The van der Waals surface area contributed by atoms with E-state index in [-0.39, 0.29) is 13.2 Å². The molecule has 0 aliphatic heterocycles. The lowest BCUT2D eigenvalue weighted by atomic mass is 10.1. The predicted molar refractivity (Wildman–Crippen MR) is 88.1 cm³/mol. The molecule has 0 saturated heterocycles. The minimum atomic E-state index is -0.785. The summed E-state index contributed by atoms with van der Waals surface area (Å²) in [6.45, 7) is 8.08. The third-order valence-electron chi connectivity index (χ3n) is 3.49. The van der Waals surface area contributed by atoms with Gasteiger partial charge in [0.1, 0.15) is 18.3 Å². The van der Waals surface area contributed by atoms with Crippen LogP contribution in [0.15, 0.2) is 0 Å². The molecule has 3 atom stereocenters. The Morgan fingerprint density at radius 1 is 0.818 bits per heavy atom. The Labute approximate surface area is 136 Å². The van der Waals surface area contributed by atoms with Crippen LogP contribution < -0.4 is 0 Å². The zero-order valence-corrected chi connectivity index (χ0v) is 14.6. The van der Waals surface area contributed by atoms with Crippen molar-refractivity contribution in [3.8, 4) is 0 Å². The molecule has 0 aromatic carbocycles. The summed E-state index contributed by atoms with van der Waals surface area (Å²) in [7, 11) is 0. The van der Waals surface area contributed by atoms with Gasteiger partial charge in [0.15, 0.2) is 0 Å². The third-order valence-corrected chi connectivity index (χ3v) is 3.49. The Hall–Kier alpha value is -0.200. The Morgan fingerprint density at radius 2 is 1.36 bits per heavy atom. The summed E-state index contributed by atoms with van der Waals surface area (Å²) in [5.41, 5.74) is 0. The van der Waals surface area contributed by atoms with E-state index >= 15 is 0 Å². The Morgan fingerprint density at radius 3 is 1.91 bits per heavy atom. The zero-order valence-electron chi connectivity index (χ0n) is 14.6. The van der Waals surface area contributed by atoms with Crippen molar-refractivity contribution in [2.45, 2.75) is 77.6 Å². The number of unbranched alkanes of at least 4 members (excludes halogenated alkanes) is 3. The molecule has 2 N–H and O–H groups in total. The van der Waals surface area contributed by atoms with Gasteiger partial charge in [-0.3, -0.25) is 0 Å². The van der Waals surface area contributed by atoms with Gasteiger partial charge in [-0.1, -0.05) is 40.0 Å². The monoisotopic (exact) mass is 320 g/mol. The van der Waals surface area contributed by atoms with E-state index in [2.05, 4.69) is 20.8 Å². The lowest BCUT2D eigenvalue weighted by molar-refractivity contribution is -0.149. The van der Waals surface area contributed by atoms with E-state index in [1.165, 1.54) is 0 Å². The van der Waals surface area contributed by atoms with Crippen molar-refractivity contribution in [3.05, 3.63) is 0 Å². The van der Waals surface area contributed by atoms with Gasteiger partial charge in [-0.2, -0.15) is 0 Å². The van der Waals surface area contributed by atoms with Crippen molar-refractivity contribution in [1.29, 1.82) is 0 Å². The molecule has 134 valence electrons. The minimum Gasteiger partial charge on any atom is -0.394 e. The maximum atomic E-state index is 10.3. The van der Waals surface area contributed by atoms with Gasteiger partial charge in [0.25, 0.3) is 0 Å². The molecule has 5 heteroatoms. The molecular formula is C17H36O5. The van der Waals surface area contributed by atoms with Gasteiger partial charge >= 0.3 is 0 Å². The van der Waals surface area contributed by atoms with Crippen LogP contribution in [0.4, 0.5) is 0 Å². The number of aliphatic hydroxyl groups excluding tert-OH is 2. The summed E-state index contributed by atoms with van der Waals surface area (Å²) >= 11 is 0. The van der Waals surface area contributed by atoms with Gasteiger partial charge in [0, 0.05) is 19.8 Å². The predicted octanol–water partition coefficient (Wildman–Crippen LogP) is 2.53. The number of rotatable bonds is 16. The third kappa shape index (κ3) is 10.5. The summed E-state index contributed by atoms with van der Waals surface area (Å²) in [5, 5.41) is 19.9. The first kappa shape index (κ1) is 21.8. The molecule has 0 saturated carbocycles. The number of ether oxygens (including phenoxy) is 3. The Bertz CT molecular complexity index is 225. The van der Waals surface area contributed by atoms with Gasteiger partial charge in [0.2, 0.25) is 0 Å². The van der Waals surface area contributed by atoms with Crippen LogP contribution in [-0.4, -0.2) is 61.6 Å². The molecule has 0 aliphatic rings. The fourth-order valence-electron chi connectivity index (χ4n) is 2.01. The van der Waals surface area contributed by atoms with E-state index in [1.807, 2.05) is 0 Å². The number of aliphatic hydroxyl groups is 2. The zero-order chi connectivity index (χ0) is 16.6. The normalized spacial score (nSPS) is 15.7. The minimum absolute atomic E-state index is 0.160. The van der Waals surface area contributed by atoms with Gasteiger partial charge in [-0.25, -0.2) is 0 Å². The van der Waals surface area contributed by atoms with Crippen molar-refractivity contribution in [3.63, 3.8) is 0 Å². The summed E-state index contributed by atoms with van der Waals surface area (Å²) in [5.74, 6) is 0. The summed E-state index contributed by atoms with van der Waals surface area (Å²) in [6, 6.07) is 0. The summed E-state index contributed by atoms with van der Waals surface area (Å²) in [4.78, 5) is 0. The first-order valence-electron chi connectivity index (χ1n) is 8.81. The van der Waals surface area contributed by atoms with Crippen LogP contribution in [-0.2, 0) is 14.2 Å². The molecule has 0 amide bonds. The number of hydrogen-bond acceptors (Lipinski definition) is 5. The molecule has 0 heterocycles. The maximum absolute atomic E-state index is 10.3. The fourth-order valence-corrected chi connectivity index (χ4v) is 2.01. The molecule has 0 fully saturated rings. The standard InChI is InChI=1S/C17H36O5/c1-4-7-10-20-14-15(19)17(22-12-9-6-3)16(13-18)21-11-8-5-2/h15-19H,4-14H2,1-3H3/t15?,16-,17+/m1/s1. The Balaban J connectivity index is 4.40. The first-order chi connectivity index (χ1) is 10.7. The molecule has 0 radical (unpaired) electrons. The molecule has 0 bridgehead atoms. The SMILES string of the molecule is CCCCOCC(O)[C@H](OCCCC)[C@@H](CO)OCCCC. The van der Waals surface area contributed by atoms with Gasteiger partial charge in [-0.15, -0.1) is 0 Å². The van der Waals surface area contributed by atoms with Crippen LogP contribution in [0.25, 0.3) is 0 Å². The fraction of sp³-hybridized carbons (Fsp3) is 1.00. The molecule has 0 rings (SSSR count). The van der Waals surface area contributed by atoms with Crippen molar-refractivity contribution in [2.75, 3.05) is 33.0 Å². The topological polar surface area (TPSA) is 68.2 Å². The van der Waals surface area contributed by atoms with Crippen LogP contribution in [0.2, 0.25) is 0 Å². The van der Waals surface area contributed by atoms with E-state index in [4.69, 9.17) is 14.2 Å². The largest absolute Gasteiger partial charge is 0.394 e. The van der Waals surface area contributed by atoms with E-state index in [0.29, 0.717) is 19.8 Å². The second kappa shape index (κ2) is 15.7. The van der Waals surface area contributed by atoms with Crippen molar-refractivity contribution in [2.24, 2.45) is 0 Å². The average molecular weight is 320 g/mol. The molecule has 0 aromatic heterocycles. The van der Waals surface area contributed by atoms with Crippen LogP contribution >= 0.6 is 0 Å². The molecule has 0 aromatic rings. The molecule has 5 nitrogen and oxygen atoms in total. The molecular weight excluding hydrogens is 284 g/mol. The molecule has 22 heavy (non-hydrogen) atoms. The van der Waals surface area contributed by atoms with Crippen LogP contribution in [0, 0.1) is 0 Å². The van der Waals surface area contributed by atoms with E-state index in [0.717, 1.165) is 38.5 Å². The van der Waals surface area contributed by atoms with E-state index < -0.39 is 18.3 Å². The maximum Gasteiger partial charge on any atom is 0.114 e. The van der Waals surface area contributed by atoms with Gasteiger partial charge in [0.05, 0.1) is 13.2 Å². The van der Waals surface area contributed by atoms with E-state index in [1.54, 1.807) is 0 Å². The molecule has 0 aliphatic carbocycles. The van der Waals surface area contributed by atoms with Crippen LogP contribution in [0.5, 0.6) is 0 Å². The highest BCUT2D eigenvalue weighted by Crippen LogP contribution is 2.12. The second-order valence-corrected chi connectivity index (χ2v) is 5.63. The smallest absolute Gasteiger partial charge is 0.114 e. The summed E-state index contributed by atoms with van der Waals surface area (Å²) < 4.78 is 16.9. The lowest BCUT2D eigenvalue weighted by Gasteiger charge is -2.30. The Kier molecular flexibility index (Phi) is 15.5. The van der Waals surface area contributed by atoms with Crippen molar-refractivity contribution < 1.29 is 24.4 Å². The summed E-state index contributed by atoms with van der Waals surface area (Å²) in [6.07, 6.45) is 4.11. The van der Waals surface area contributed by atoms with Crippen molar-refractivity contribution >= 4 is 0 Å². The average Bonchev–Trinajstić information content (AvgIpc) is 2.53. The van der Waals surface area contributed by atoms with Crippen LogP contribution in [0.3, 0.4) is 0 Å². The highest BCUT2D eigenvalue weighted by atomic mass is 16.6. The highest BCUT2D eigenvalue weighted by Gasteiger charge is 2.29. The second-order valence-electron chi connectivity index (χ2n) is 5.63. The van der Waals surface area contributed by atoms with Crippen LogP contribution in [0.1, 0.15) is 59.3 Å². The highest BCUT2D eigenvalue weighted by molar-refractivity contribution is 4.78. The molecule has 1 unspecified atom stereocenters.